The van der Waals surface area contributed by atoms with E-state index in [-0.39, 0.29) is 5.97 Å². The third kappa shape index (κ3) is 3.27. The topological polar surface area (TPSA) is 47.9 Å². The standard InChI is InChI=1S/C11H13NO3S/c1-8(14-2)12-16-10-7-5-4-6-9(10)11(13)15-3/h4-7H,1-3H3/b12-8-. The zero-order valence-electron chi connectivity index (χ0n) is 9.39. The van der Waals surface area contributed by atoms with E-state index in [0.717, 1.165) is 4.90 Å². The molecule has 16 heavy (non-hydrogen) atoms. The predicted octanol–water partition coefficient (Wildman–Crippen LogP) is 2.55. The van der Waals surface area contributed by atoms with Gasteiger partial charge in [0.1, 0.15) is 0 Å². The van der Waals surface area contributed by atoms with E-state index in [2.05, 4.69) is 9.13 Å². The van der Waals surface area contributed by atoms with Crippen LogP contribution in [0, 0.1) is 0 Å². The number of carbonyl (C=O) groups excluding carboxylic acids is 1. The molecule has 0 unspecified atom stereocenters. The summed E-state index contributed by atoms with van der Waals surface area (Å²) in [6.45, 7) is 1.74. The molecule has 0 amide bonds. The first kappa shape index (κ1) is 12.6. The molecular formula is C11H13NO3S. The molecule has 0 aliphatic carbocycles. The van der Waals surface area contributed by atoms with Crippen LogP contribution in [0.15, 0.2) is 33.6 Å². The second kappa shape index (κ2) is 6.17. The van der Waals surface area contributed by atoms with Gasteiger partial charge in [-0.2, -0.15) is 4.40 Å². The number of nitrogens with zero attached hydrogens (tertiary/aromatic N) is 1. The van der Waals surface area contributed by atoms with Crippen molar-refractivity contribution in [2.75, 3.05) is 14.2 Å². The van der Waals surface area contributed by atoms with Crippen molar-refractivity contribution in [3.05, 3.63) is 29.8 Å². The molecule has 0 aliphatic heterocycles. The average Bonchev–Trinajstić information content (AvgIpc) is 2.35. The molecule has 86 valence electrons. The van der Waals surface area contributed by atoms with Crippen LogP contribution in [-0.2, 0) is 9.47 Å². The van der Waals surface area contributed by atoms with E-state index in [0.29, 0.717) is 11.5 Å². The SMILES string of the molecule is COC(=O)c1ccccc1S/N=C(/C)OC. The van der Waals surface area contributed by atoms with Crippen LogP contribution in [0.4, 0.5) is 0 Å². The van der Waals surface area contributed by atoms with Crippen molar-refractivity contribution in [1.29, 1.82) is 0 Å². The van der Waals surface area contributed by atoms with Gasteiger partial charge in [0.2, 0.25) is 0 Å². The molecule has 0 fully saturated rings. The van der Waals surface area contributed by atoms with Crippen molar-refractivity contribution in [2.45, 2.75) is 11.8 Å². The Kier molecular flexibility index (Phi) is 4.85. The molecule has 0 saturated heterocycles. The van der Waals surface area contributed by atoms with Gasteiger partial charge in [-0.15, -0.1) is 0 Å². The number of esters is 1. The molecule has 0 N–H and O–H groups in total. The maximum absolute atomic E-state index is 11.4. The van der Waals surface area contributed by atoms with Gasteiger partial charge in [-0.05, 0) is 12.1 Å². The van der Waals surface area contributed by atoms with Crippen LogP contribution in [0.5, 0.6) is 0 Å². The van der Waals surface area contributed by atoms with Gasteiger partial charge in [-0.3, -0.25) is 0 Å². The third-order valence-corrected chi connectivity index (χ3v) is 2.76. The number of benzene rings is 1. The molecular weight excluding hydrogens is 226 g/mol. The molecule has 0 heterocycles. The summed E-state index contributed by atoms with van der Waals surface area (Å²) in [6, 6.07) is 7.13. The number of rotatable bonds is 3. The minimum Gasteiger partial charge on any atom is -0.484 e. The van der Waals surface area contributed by atoms with Crippen LogP contribution < -0.4 is 0 Å². The van der Waals surface area contributed by atoms with Crippen molar-refractivity contribution < 1.29 is 14.3 Å². The highest BCUT2D eigenvalue weighted by Gasteiger charge is 2.11. The van der Waals surface area contributed by atoms with Gasteiger partial charge >= 0.3 is 5.97 Å². The van der Waals surface area contributed by atoms with Crippen LogP contribution >= 0.6 is 11.9 Å². The molecule has 0 saturated carbocycles. The Hall–Kier alpha value is -1.49. The Bertz CT molecular complexity index is 404. The summed E-state index contributed by atoms with van der Waals surface area (Å²) in [5.41, 5.74) is 0.502. The summed E-state index contributed by atoms with van der Waals surface area (Å²) < 4.78 is 13.7. The largest absolute Gasteiger partial charge is 0.484 e. The van der Waals surface area contributed by atoms with Crippen LogP contribution in [0.1, 0.15) is 17.3 Å². The highest BCUT2D eigenvalue weighted by atomic mass is 32.2. The summed E-state index contributed by atoms with van der Waals surface area (Å²) in [6.07, 6.45) is 0. The van der Waals surface area contributed by atoms with E-state index in [4.69, 9.17) is 4.74 Å². The van der Waals surface area contributed by atoms with Crippen LogP contribution in [0.2, 0.25) is 0 Å². The third-order valence-electron chi connectivity index (χ3n) is 1.86. The van der Waals surface area contributed by atoms with Gasteiger partial charge in [-0.1, -0.05) is 12.1 Å². The van der Waals surface area contributed by atoms with Crippen molar-refractivity contribution in [3.8, 4) is 0 Å². The van der Waals surface area contributed by atoms with Crippen molar-refractivity contribution in [2.24, 2.45) is 4.40 Å². The Labute approximate surface area is 98.8 Å². The second-order valence-corrected chi connectivity index (χ2v) is 3.70. The maximum atomic E-state index is 11.4. The normalized spacial score (nSPS) is 11.1. The second-order valence-electron chi connectivity index (χ2n) is 2.89. The first-order valence-corrected chi connectivity index (χ1v) is 5.39. The molecule has 0 spiro atoms. The summed E-state index contributed by atoms with van der Waals surface area (Å²) in [7, 11) is 2.90. The first-order chi connectivity index (χ1) is 7.69. The number of hydrogen-bond acceptors (Lipinski definition) is 5. The summed E-state index contributed by atoms with van der Waals surface area (Å²) in [4.78, 5) is 12.2. The molecule has 1 aromatic rings. The van der Waals surface area contributed by atoms with Gasteiger partial charge < -0.3 is 9.47 Å². The maximum Gasteiger partial charge on any atom is 0.339 e. The van der Waals surface area contributed by atoms with Gasteiger partial charge in [0, 0.05) is 23.8 Å². The van der Waals surface area contributed by atoms with Crippen LogP contribution in [-0.4, -0.2) is 26.1 Å². The average molecular weight is 239 g/mol. The summed E-state index contributed by atoms with van der Waals surface area (Å²) in [5, 5.41) is 0. The number of hydrogen-bond donors (Lipinski definition) is 0. The van der Waals surface area contributed by atoms with Gasteiger partial charge in [0.25, 0.3) is 0 Å². The molecule has 0 bridgehead atoms. The first-order valence-electron chi connectivity index (χ1n) is 4.62. The van der Waals surface area contributed by atoms with Gasteiger partial charge in [0.15, 0.2) is 5.90 Å². The molecule has 0 aromatic heterocycles. The molecule has 0 atom stereocenters. The Morgan fingerprint density at radius 2 is 1.94 bits per heavy atom. The molecule has 0 aliphatic rings. The van der Waals surface area contributed by atoms with E-state index in [1.807, 2.05) is 12.1 Å². The zero-order chi connectivity index (χ0) is 12.0. The lowest BCUT2D eigenvalue weighted by atomic mass is 10.2. The summed E-state index contributed by atoms with van der Waals surface area (Å²) >= 11 is 1.19. The quantitative estimate of drug-likeness (QED) is 0.352. The molecule has 1 aromatic carbocycles. The zero-order valence-corrected chi connectivity index (χ0v) is 10.2. The van der Waals surface area contributed by atoms with Crippen molar-refractivity contribution >= 4 is 23.8 Å². The number of methoxy groups -OCH3 is 2. The lowest BCUT2D eigenvalue weighted by Crippen LogP contribution is -2.02. The lowest BCUT2D eigenvalue weighted by molar-refractivity contribution is 0.0597. The predicted molar refractivity (Wildman–Crippen MR) is 63.8 cm³/mol. The highest BCUT2D eigenvalue weighted by molar-refractivity contribution is 7.98. The van der Waals surface area contributed by atoms with Crippen molar-refractivity contribution in [3.63, 3.8) is 0 Å². The van der Waals surface area contributed by atoms with E-state index >= 15 is 0 Å². The van der Waals surface area contributed by atoms with Gasteiger partial charge in [-0.25, -0.2) is 4.79 Å². The van der Waals surface area contributed by atoms with Crippen molar-refractivity contribution in [1.82, 2.24) is 0 Å². The Morgan fingerprint density at radius 3 is 2.56 bits per heavy atom. The monoisotopic (exact) mass is 239 g/mol. The highest BCUT2D eigenvalue weighted by Crippen LogP contribution is 2.24. The molecule has 5 heteroatoms. The Morgan fingerprint density at radius 1 is 1.25 bits per heavy atom. The lowest BCUT2D eigenvalue weighted by Gasteiger charge is -2.04. The fourth-order valence-electron chi connectivity index (χ4n) is 0.976. The molecule has 0 radical (unpaired) electrons. The van der Waals surface area contributed by atoms with Gasteiger partial charge in [0.05, 0.1) is 19.8 Å². The fraction of sp³-hybridized carbons (Fsp3) is 0.273. The van der Waals surface area contributed by atoms with E-state index in [1.54, 1.807) is 26.2 Å². The number of carbonyl (C=O) groups is 1. The smallest absolute Gasteiger partial charge is 0.339 e. The van der Waals surface area contributed by atoms with E-state index in [1.165, 1.54) is 19.1 Å². The van der Waals surface area contributed by atoms with Crippen LogP contribution in [0.3, 0.4) is 0 Å². The molecule has 4 nitrogen and oxygen atoms in total. The minimum absolute atomic E-state index is 0.367. The van der Waals surface area contributed by atoms with E-state index < -0.39 is 0 Å². The number of ether oxygens (including phenoxy) is 2. The van der Waals surface area contributed by atoms with Crippen LogP contribution in [0.25, 0.3) is 0 Å². The fourth-order valence-corrected chi connectivity index (χ4v) is 1.67. The summed E-state index contributed by atoms with van der Waals surface area (Å²) in [5.74, 6) is 0.179. The Balaban J connectivity index is 2.91. The van der Waals surface area contributed by atoms with E-state index in [9.17, 15) is 4.79 Å². The molecule has 1 rings (SSSR count). The minimum atomic E-state index is -0.367.